The van der Waals surface area contributed by atoms with Gasteiger partial charge in [-0.1, -0.05) is 6.07 Å². The Hall–Kier alpha value is -3.72. The van der Waals surface area contributed by atoms with Gasteiger partial charge in [-0.2, -0.15) is 0 Å². The third kappa shape index (κ3) is 3.27. The molecule has 4 heterocycles. The molecule has 1 aliphatic heterocycles. The van der Waals surface area contributed by atoms with Crippen molar-refractivity contribution in [3.05, 3.63) is 48.3 Å². The summed E-state index contributed by atoms with van der Waals surface area (Å²) in [5.41, 5.74) is 4.39. The van der Waals surface area contributed by atoms with Gasteiger partial charge in [-0.25, -0.2) is 24.9 Å². The molecule has 0 bridgehead atoms. The maximum Gasteiger partial charge on any atom is 0.261 e. The molecule has 1 saturated carbocycles. The number of hydrogen-bond acceptors (Lipinski definition) is 7. The normalized spacial score (nSPS) is 19.4. The molecule has 3 aromatic heterocycles. The van der Waals surface area contributed by atoms with Crippen LogP contribution in [0.5, 0.6) is 0 Å². The first-order valence-electron chi connectivity index (χ1n) is 11.6. The van der Waals surface area contributed by atoms with E-state index in [1.807, 2.05) is 36.6 Å². The average molecular weight is 456 g/mol. The van der Waals surface area contributed by atoms with E-state index in [1.165, 1.54) is 0 Å². The van der Waals surface area contributed by atoms with Crippen molar-refractivity contribution in [2.45, 2.75) is 45.8 Å². The van der Waals surface area contributed by atoms with Crippen LogP contribution in [0, 0.1) is 12.8 Å². The fourth-order valence-electron chi connectivity index (χ4n) is 4.45. The second kappa shape index (κ2) is 7.66. The number of nitrogens with zero attached hydrogens (tertiary/aromatic N) is 6. The maximum atomic E-state index is 12.8. The Morgan fingerprint density at radius 1 is 1.15 bits per heavy atom. The van der Waals surface area contributed by atoms with Gasteiger partial charge in [0, 0.05) is 35.8 Å². The van der Waals surface area contributed by atoms with E-state index in [0.717, 1.165) is 46.7 Å². The lowest BCUT2D eigenvalue weighted by molar-refractivity contribution is -0.139. The van der Waals surface area contributed by atoms with Gasteiger partial charge in [0.05, 0.1) is 12.2 Å². The fraction of sp³-hybridized carbons (Fsp3) is 0.360. The number of carbonyl (C=O) groups excluding carboxylic acids is 1. The first-order valence-corrected chi connectivity index (χ1v) is 11.6. The highest BCUT2D eigenvalue weighted by Gasteiger charge is 2.45. The summed E-state index contributed by atoms with van der Waals surface area (Å²) in [6.07, 6.45) is 7.44. The van der Waals surface area contributed by atoms with Crippen molar-refractivity contribution < 1.29 is 9.53 Å². The molecule has 1 fully saturated rings. The molecule has 2 aliphatic rings. The quantitative estimate of drug-likeness (QED) is 0.470. The molecule has 9 nitrogen and oxygen atoms in total. The van der Waals surface area contributed by atoms with E-state index >= 15 is 0 Å². The highest BCUT2D eigenvalue weighted by molar-refractivity contribution is 6.05. The molecule has 1 N–H and O–H groups in total. The second-order valence-corrected chi connectivity index (χ2v) is 9.10. The van der Waals surface area contributed by atoms with Crippen molar-refractivity contribution >= 4 is 22.8 Å². The van der Waals surface area contributed by atoms with E-state index in [-0.39, 0.29) is 5.91 Å². The second-order valence-electron chi connectivity index (χ2n) is 9.10. The molecular weight excluding hydrogens is 430 g/mol. The van der Waals surface area contributed by atoms with Gasteiger partial charge in [0.25, 0.3) is 5.91 Å². The number of rotatable bonds is 6. The van der Waals surface area contributed by atoms with Gasteiger partial charge in [-0.05, 0) is 51.7 Å². The molecule has 0 spiro atoms. The topological polar surface area (TPSA) is 108 Å². The van der Waals surface area contributed by atoms with Crippen LogP contribution in [0.1, 0.15) is 38.1 Å². The van der Waals surface area contributed by atoms with Crippen LogP contribution in [0.15, 0.2) is 36.9 Å². The molecular formula is C25H25N7O2. The molecule has 0 unspecified atom stereocenters. The van der Waals surface area contributed by atoms with E-state index in [4.69, 9.17) is 9.72 Å². The van der Waals surface area contributed by atoms with Crippen LogP contribution < -0.4 is 5.32 Å². The molecule has 1 atom stereocenters. The Morgan fingerprint density at radius 3 is 2.68 bits per heavy atom. The lowest BCUT2D eigenvalue weighted by Crippen LogP contribution is -2.34. The molecule has 1 amide bonds. The first-order chi connectivity index (χ1) is 16.5. The SMILES string of the molecule is CCn1c(-c2cnc(C)nc2)nc2c(-c3ccc4c(c3)[C@@](C)(OCC3CC3)C(=O)N4)ncnc21. The van der Waals surface area contributed by atoms with E-state index in [9.17, 15) is 4.79 Å². The summed E-state index contributed by atoms with van der Waals surface area (Å²) in [5, 5.41) is 2.97. The maximum absolute atomic E-state index is 12.8. The van der Waals surface area contributed by atoms with E-state index in [0.29, 0.717) is 36.1 Å². The lowest BCUT2D eigenvalue weighted by atomic mass is 9.94. The highest BCUT2D eigenvalue weighted by atomic mass is 16.5. The number of aromatic nitrogens is 6. The Balaban J connectivity index is 1.47. The number of ether oxygens (including phenoxy) is 1. The monoisotopic (exact) mass is 455 g/mol. The molecule has 172 valence electrons. The summed E-state index contributed by atoms with van der Waals surface area (Å²) in [7, 11) is 0. The standard InChI is InChI=1S/C25H25N7O2/c1-4-32-22(17-10-26-14(2)27-11-17)31-21-20(28-13-29-23(21)32)16-7-8-19-18(9-16)25(3,24(33)30-19)34-12-15-5-6-15/h7-11,13,15H,4-6,12H2,1-3H3,(H,30,33)/t25-/m1/s1. The Morgan fingerprint density at radius 2 is 1.94 bits per heavy atom. The van der Waals surface area contributed by atoms with Gasteiger partial charge >= 0.3 is 0 Å². The third-order valence-electron chi connectivity index (χ3n) is 6.68. The van der Waals surface area contributed by atoms with E-state index in [2.05, 4.69) is 32.2 Å². The van der Waals surface area contributed by atoms with Gasteiger partial charge in [0.1, 0.15) is 29.2 Å². The summed E-state index contributed by atoms with van der Waals surface area (Å²) in [5.74, 6) is 1.87. The number of amides is 1. The number of imidazole rings is 1. The van der Waals surface area contributed by atoms with Crippen molar-refractivity contribution in [3.8, 4) is 22.6 Å². The Labute approximate surface area is 196 Å². The third-order valence-corrected chi connectivity index (χ3v) is 6.68. The van der Waals surface area contributed by atoms with E-state index in [1.54, 1.807) is 18.7 Å². The summed E-state index contributed by atoms with van der Waals surface area (Å²) in [6, 6.07) is 5.85. The van der Waals surface area contributed by atoms with Gasteiger partial charge in [0.15, 0.2) is 11.2 Å². The summed E-state index contributed by atoms with van der Waals surface area (Å²) in [6.45, 7) is 7.03. The number of nitrogens with one attached hydrogen (secondary N) is 1. The lowest BCUT2D eigenvalue weighted by Gasteiger charge is -2.23. The minimum absolute atomic E-state index is 0.134. The largest absolute Gasteiger partial charge is 0.360 e. The summed E-state index contributed by atoms with van der Waals surface area (Å²) in [4.78, 5) is 35.5. The first kappa shape index (κ1) is 20.9. The molecule has 1 aliphatic carbocycles. The summed E-state index contributed by atoms with van der Waals surface area (Å²) < 4.78 is 8.20. The fourth-order valence-corrected chi connectivity index (χ4v) is 4.45. The minimum Gasteiger partial charge on any atom is -0.360 e. The predicted octanol–water partition coefficient (Wildman–Crippen LogP) is 3.87. The number of aryl methyl sites for hydroxylation is 2. The van der Waals surface area contributed by atoms with Crippen LogP contribution in [-0.2, 0) is 21.7 Å². The van der Waals surface area contributed by atoms with Crippen LogP contribution in [0.4, 0.5) is 5.69 Å². The molecule has 0 radical (unpaired) electrons. The zero-order valence-corrected chi connectivity index (χ0v) is 19.4. The average Bonchev–Trinajstić information content (AvgIpc) is 3.55. The smallest absolute Gasteiger partial charge is 0.261 e. The van der Waals surface area contributed by atoms with Crippen molar-refractivity contribution in [2.24, 2.45) is 5.92 Å². The van der Waals surface area contributed by atoms with Gasteiger partial charge in [-0.3, -0.25) is 4.79 Å². The number of fused-ring (bicyclic) bond motifs is 2. The predicted molar refractivity (Wildman–Crippen MR) is 127 cm³/mol. The van der Waals surface area contributed by atoms with Crippen molar-refractivity contribution in [1.29, 1.82) is 0 Å². The molecule has 6 rings (SSSR count). The van der Waals surface area contributed by atoms with Crippen LogP contribution in [0.3, 0.4) is 0 Å². The zero-order valence-electron chi connectivity index (χ0n) is 19.4. The molecule has 4 aromatic rings. The van der Waals surface area contributed by atoms with Crippen molar-refractivity contribution in [2.75, 3.05) is 11.9 Å². The van der Waals surface area contributed by atoms with Crippen LogP contribution in [0.2, 0.25) is 0 Å². The van der Waals surface area contributed by atoms with E-state index < -0.39 is 5.60 Å². The van der Waals surface area contributed by atoms with Crippen molar-refractivity contribution in [1.82, 2.24) is 29.5 Å². The number of hydrogen-bond donors (Lipinski definition) is 1. The van der Waals surface area contributed by atoms with Crippen LogP contribution in [-0.4, -0.2) is 42.0 Å². The van der Waals surface area contributed by atoms with Crippen LogP contribution >= 0.6 is 0 Å². The van der Waals surface area contributed by atoms with Gasteiger partial charge < -0.3 is 14.6 Å². The number of carbonyl (C=O) groups is 1. The molecule has 9 heteroatoms. The highest BCUT2D eigenvalue weighted by Crippen LogP contribution is 2.43. The van der Waals surface area contributed by atoms with Gasteiger partial charge in [-0.15, -0.1) is 0 Å². The molecule has 0 saturated heterocycles. The number of benzene rings is 1. The summed E-state index contributed by atoms with van der Waals surface area (Å²) >= 11 is 0. The molecule has 1 aromatic carbocycles. The van der Waals surface area contributed by atoms with Crippen molar-refractivity contribution in [3.63, 3.8) is 0 Å². The number of anilines is 1. The Bertz CT molecular complexity index is 1430. The van der Waals surface area contributed by atoms with Gasteiger partial charge in [0.2, 0.25) is 0 Å². The Kier molecular flexibility index (Phi) is 4.70. The van der Waals surface area contributed by atoms with Crippen LogP contribution in [0.25, 0.3) is 33.8 Å². The molecule has 34 heavy (non-hydrogen) atoms. The minimum atomic E-state index is -1.02. The zero-order chi connectivity index (χ0) is 23.4.